The van der Waals surface area contributed by atoms with Gasteiger partial charge in [0.05, 0.1) is 24.0 Å². The molecule has 4 aromatic carbocycles. The molecule has 0 amide bonds. The van der Waals surface area contributed by atoms with Gasteiger partial charge in [-0.2, -0.15) is 13.2 Å². The summed E-state index contributed by atoms with van der Waals surface area (Å²) in [5.41, 5.74) is 2.23. The number of anilines is 2. The fourth-order valence-corrected chi connectivity index (χ4v) is 7.56. The molecule has 248 valence electrons. The Morgan fingerprint density at radius 2 is 1.53 bits per heavy atom. The lowest BCUT2D eigenvalue weighted by Crippen LogP contribution is -2.47. The second-order valence-electron chi connectivity index (χ2n) is 12.3. The zero-order valence-electron chi connectivity index (χ0n) is 26.8. The minimum Gasteiger partial charge on any atom is -0.497 e. The smallest absolute Gasteiger partial charge is 0.416 e. The molecule has 0 radical (unpaired) electrons. The van der Waals surface area contributed by atoms with Gasteiger partial charge in [0.1, 0.15) is 12.4 Å². The lowest BCUT2D eigenvalue weighted by molar-refractivity contribution is -0.137. The number of thiocarbonyl (C=S) groups is 1. The molecule has 2 aliphatic heterocycles. The van der Waals surface area contributed by atoms with Gasteiger partial charge >= 0.3 is 6.18 Å². The summed E-state index contributed by atoms with van der Waals surface area (Å²) in [5, 5.41) is 2.99. The molecule has 0 aliphatic carbocycles. The van der Waals surface area contributed by atoms with Crippen LogP contribution in [-0.4, -0.2) is 74.4 Å². The first-order chi connectivity index (χ1) is 22.7. The average Bonchev–Trinajstić information content (AvgIpc) is 3.07. The highest BCUT2D eigenvalue weighted by molar-refractivity contribution is 7.99. The maximum atomic E-state index is 13.5. The maximum Gasteiger partial charge on any atom is 0.416 e. The van der Waals surface area contributed by atoms with Crippen molar-refractivity contribution >= 4 is 51.2 Å². The van der Waals surface area contributed by atoms with E-state index in [4.69, 9.17) is 21.7 Å². The molecule has 2 aliphatic rings. The van der Waals surface area contributed by atoms with Crippen molar-refractivity contribution in [3.8, 4) is 5.75 Å². The lowest BCUT2D eigenvalue weighted by atomic mass is 9.99. The zero-order chi connectivity index (χ0) is 33.0. The minimum absolute atomic E-state index is 0.134. The highest BCUT2D eigenvalue weighted by atomic mass is 32.2. The predicted octanol–water partition coefficient (Wildman–Crippen LogP) is 8.70. The number of hydrogen-bond donors (Lipinski definition) is 0. The van der Waals surface area contributed by atoms with E-state index in [1.54, 1.807) is 13.2 Å². The molecule has 5 nitrogen and oxygen atoms in total. The van der Waals surface area contributed by atoms with Crippen molar-refractivity contribution in [1.29, 1.82) is 0 Å². The van der Waals surface area contributed by atoms with E-state index in [2.05, 4.69) is 45.9 Å². The summed E-state index contributed by atoms with van der Waals surface area (Å²) in [6, 6.07) is 24.6. The van der Waals surface area contributed by atoms with Crippen LogP contribution in [0, 0.1) is 5.92 Å². The number of halogens is 3. The van der Waals surface area contributed by atoms with E-state index in [9.17, 15) is 13.2 Å². The summed E-state index contributed by atoms with van der Waals surface area (Å²) in [5.74, 6) is 0.989. The Morgan fingerprint density at radius 1 is 0.830 bits per heavy atom. The number of hydrogen-bond acceptors (Lipinski definition) is 7. The van der Waals surface area contributed by atoms with E-state index in [0.29, 0.717) is 23.9 Å². The van der Waals surface area contributed by atoms with Crippen LogP contribution >= 0.6 is 24.0 Å². The van der Waals surface area contributed by atoms with Gasteiger partial charge in [-0.15, -0.1) is 0 Å². The van der Waals surface area contributed by atoms with Crippen LogP contribution in [0.5, 0.6) is 5.75 Å². The van der Waals surface area contributed by atoms with Gasteiger partial charge in [0.25, 0.3) is 0 Å². The molecule has 1 saturated heterocycles. The Bertz CT molecular complexity index is 1710. The molecule has 0 aromatic heterocycles. The summed E-state index contributed by atoms with van der Waals surface area (Å²) < 4.78 is 52.0. The van der Waals surface area contributed by atoms with E-state index in [1.807, 2.05) is 36.4 Å². The molecule has 10 heteroatoms. The largest absolute Gasteiger partial charge is 0.497 e. The number of methoxy groups -OCH3 is 1. The van der Waals surface area contributed by atoms with Crippen LogP contribution in [0.25, 0.3) is 10.8 Å². The number of benzene rings is 4. The van der Waals surface area contributed by atoms with Crippen molar-refractivity contribution in [2.45, 2.75) is 35.7 Å². The van der Waals surface area contributed by atoms with Crippen LogP contribution in [0.15, 0.2) is 88.7 Å². The molecular weight excluding hydrogens is 640 g/mol. The van der Waals surface area contributed by atoms with Crippen molar-refractivity contribution in [3.05, 3.63) is 90.0 Å². The van der Waals surface area contributed by atoms with Gasteiger partial charge in [-0.05, 0) is 90.4 Å². The fourth-order valence-electron chi connectivity index (χ4n) is 6.32. The highest BCUT2D eigenvalue weighted by Gasteiger charge is 2.33. The third-order valence-electron chi connectivity index (χ3n) is 8.98. The van der Waals surface area contributed by atoms with E-state index in [-0.39, 0.29) is 5.92 Å². The monoisotopic (exact) mass is 679 g/mol. The van der Waals surface area contributed by atoms with Crippen molar-refractivity contribution in [2.24, 2.45) is 5.92 Å². The zero-order valence-corrected chi connectivity index (χ0v) is 28.4. The Kier molecular flexibility index (Phi) is 10.6. The number of ether oxygens (including phenoxy) is 2. The molecule has 4 aromatic rings. The number of piperazine rings is 1. The molecule has 1 atom stereocenters. The fraction of sp³-hybridized carbons (Fsp3) is 0.378. The Hall–Kier alpha value is -3.31. The van der Waals surface area contributed by atoms with E-state index in [0.717, 1.165) is 78.7 Å². The number of nitrogens with zero attached hydrogens (tertiary/aromatic N) is 3. The summed E-state index contributed by atoms with van der Waals surface area (Å²) in [4.78, 5) is 8.84. The van der Waals surface area contributed by atoms with Crippen molar-refractivity contribution in [2.75, 3.05) is 64.4 Å². The predicted molar refractivity (Wildman–Crippen MR) is 188 cm³/mol. The van der Waals surface area contributed by atoms with E-state index >= 15 is 0 Å². The van der Waals surface area contributed by atoms with Gasteiger partial charge in [0, 0.05) is 55.0 Å². The van der Waals surface area contributed by atoms with Gasteiger partial charge < -0.3 is 19.3 Å². The quantitative estimate of drug-likeness (QED) is 0.147. The summed E-state index contributed by atoms with van der Waals surface area (Å²) in [7, 11) is 1.68. The molecule has 2 heterocycles. The minimum atomic E-state index is -4.37. The molecule has 1 unspecified atom stereocenters. The lowest BCUT2D eigenvalue weighted by Gasteiger charge is -2.36. The van der Waals surface area contributed by atoms with E-state index < -0.39 is 11.7 Å². The first kappa shape index (κ1) is 33.6. The molecule has 0 saturated carbocycles. The standard InChI is InChI=1S/C37H40F3N3O2S2/c1-26(22-27-8-9-29-24-31(44-2)12-10-28(29)23-27)36(46)45-21-20-42-18-16-41(17-19-42)14-5-15-43-32-6-3-4-7-34(32)47-35-13-11-30(25-33(35)43)37(38,39)40/h3-4,6-13,23-26H,5,14-22H2,1-2H3. The van der Waals surface area contributed by atoms with Crippen LogP contribution < -0.4 is 9.64 Å². The summed E-state index contributed by atoms with van der Waals surface area (Å²) in [6.07, 6.45) is -2.68. The summed E-state index contributed by atoms with van der Waals surface area (Å²) in [6.45, 7) is 8.90. The van der Waals surface area contributed by atoms with Gasteiger partial charge in [0.2, 0.25) is 0 Å². The number of alkyl halides is 3. The molecule has 0 bridgehead atoms. The SMILES string of the molecule is COc1ccc2cc(CC(C)C(=S)OCCN3CCN(CCCN4c5ccccc5Sc5ccc(C(F)(F)F)cc54)CC3)ccc2c1. The van der Waals surface area contributed by atoms with Crippen LogP contribution in [0.3, 0.4) is 0 Å². The summed E-state index contributed by atoms with van der Waals surface area (Å²) >= 11 is 7.17. The van der Waals surface area contributed by atoms with Crippen molar-refractivity contribution in [3.63, 3.8) is 0 Å². The van der Waals surface area contributed by atoms with Crippen LogP contribution in [0.4, 0.5) is 24.5 Å². The highest BCUT2D eigenvalue weighted by Crippen LogP contribution is 2.49. The molecule has 47 heavy (non-hydrogen) atoms. The third kappa shape index (κ3) is 8.23. The Morgan fingerprint density at radius 3 is 2.30 bits per heavy atom. The van der Waals surface area contributed by atoms with Crippen LogP contribution in [-0.2, 0) is 17.3 Å². The van der Waals surface area contributed by atoms with Gasteiger partial charge in [0.15, 0.2) is 5.05 Å². The molecule has 0 N–H and O–H groups in total. The third-order valence-corrected chi connectivity index (χ3v) is 10.6. The topological polar surface area (TPSA) is 28.2 Å². The Labute approximate surface area is 284 Å². The van der Waals surface area contributed by atoms with Crippen LogP contribution in [0.1, 0.15) is 24.5 Å². The second kappa shape index (κ2) is 14.8. The second-order valence-corrected chi connectivity index (χ2v) is 13.7. The van der Waals surface area contributed by atoms with Gasteiger partial charge in [-0.1, -0.05) is 55.1 Å². The van der Waals surface area contributed by atoms with Gasteiger partial charge in [-0.25, -0.2) is 0 Å². The van der Waals surface area contributed by atoms with Crippen LogP contribution in [0.2, 0.25) is 0 Å². The molecule has 6 rings (SSSR count). The normalized spacial score (nSPS) is 16.1. The average molecular weight is 680 g/mol. The molecular formula is C37H40F3N3O2S2. The number of rotatable bonds is 11. The maximum absolute atomic E-state index is 13.5. The first-order valence-corrected chi connectivity index (χ1v) is 17.3. The van der Waals surface area contributed by atoms with Gasteiger partial charge in [-0.3, -0.25) is 4.90 Å². The number of para-hydroxylation sites is 1. The van der Waals surface area contributed by atoms with E-state index in [1.165, 1.54) is 34.8 Å². The number of fused-ring (bicyclic) bond motifs is 3. The first-order valence-electron chi connectivity index (χ1n) is 16.1. The molecule has 1 fully saturated rings. The Balaban J connectivity index is 0.934. The van der Waals surface area contributed by atoms with Crippen molar-refractivity contribution < 1.29 is 22.6 Å². The van der Waals surface area contributed by atoms with Crippen molar-refractivity contribution in [1.82, 2.24) is 9.80 Å². The molecule has 0 spiro atoms.